The predicted octanol–water partition coefficient (Wildman–Crippen LogP) is 3.07. The van der Waals surface area contributed by atoms with Crippen molar-refractivity contribution in [2.75, 3.05) is 7.11 Å². The van der Waals surface area contributed by atoms with Gasteiger partial charge in [-0.3, -0.25) is 4.79 Å². The van der Waals surface area contributed by atoms with Crippen molar-refractivity contribution in [2.45, 2.75) is 11.8 Å². The number of esters is 1. The molecule has 19 heavy (non-hydrogen) atoms. The molecule has 0 heterocycles. The second kappa shape index (κ2) is 3.01. The first kappa shape index (κ1) is 10.0. The first-order chi connectivity index (χ1) is 9.33. The van der Waals surface area contributed by atoms with Gasteiger partial charge < -0.3 is 4.74 Å². The van der Waals surface area contributed by atoms with Crippen LogP contribution in [0.1, 0.15) is 23.0 Å². The quantitative estimate of drug-likeness (QED) is 0.727. The first-order valence-corrected chi connectivity index (χ1v) is 6.92. The lowest BCUT2D eigenvalue weighted by Gasteiger charge is -2.30. The Morgan fingerprint density at radius 1 is 1.00 bits per heavy atom. The third-order valence-corrected chi connectivity index (χ3v) is 5.51. The summed E-state index contributed by atoms with van der Waals surface area (Å²) in [5.41, 5.74) is 2.93. The summed E-state index contributed by atoms with van der Waals surface area (Å²) in [4.78, 5) is 11.8. The lowest BCUT2D eigenvalue weighted by atomic mass is 9.72. The molecule has 2 heteroatoms. The normalized spacial score (nSPS) is 36.4. The summed E-state index contributed by atoms with van der Waals surface area (Å²) in [6.07, 6.45) is 0. The van der Waals surface area contributed by atoms with Gasteiger partial charge in [0.25, 0.3) is 0 Å². The van der Waals surface area contributed by atoms with Crippen molar-refractivity contribution < 1.29 is 9.53 Å². The molecule has 0 saturated heterocycles. The highest BCUT2D eigenvalue weighted by Gasteiger charge is 2.74. The highest BCUT2D eigenvalue weighted by Crippen LogP contribution is 2.78. The monoisotopic (exact) mass is 250 g/mol. The molecule has 0 aromatic heterocycles. The Morgan fingerprint density at radius 2 is 1.58 bits per heavy atom. The predicted molar refractivity (Wildman–Crippen MR) is 71.9 cm³/mol. The van der Waals surface area contributed by atoms with Gasteiger partial charge in [0.1, 0.15) is 0 Å². The van der Waals surface area contributed by atoms with E-state index < -0.39 is 0 Å². The van der Waals surface area contributed by atoms with Crippen LogP contribution >= 0.6 is 0 Å². The Balaban J connectivity index is 1.67. The molecule has 2 fully saturated rings. The van der Waals surface area contributed by atoms with E-state index in [1.54, 1.807) is 0 Å². The standard InChI is InChI=1S/C17H14O2/c1-19-17(18)16-14-12-9-6-2-4-8-5-3-7-10(11(8)9)13(12)15(14)16/h2-7,12-16H,1H3/t12?,13?,14-,15+,16?. The largest absolute Gasteiger partial charge is 0.469 e. The van der Waals surface area contributed by atoms with Gasteiger partial charge in [-0.15, -0.1) is 0 Å². The Morgan fingerprint density at radius 3 is 2.11 bits per heavy atom. The zero-order valence-electron chi connectivity index (χ0n) is 10.7. The van der Waals surface area contributed by atoms with Crippen molar-refractivity contribution in [3.63, 3.8) is 0 Å². The molecule has 0 N–H and O–H groups in total. The van der Waals surface area contributed by atoms with Crippen LogP contribution in [-0.4, -0.2) is 13.1 Å². The van der Waals surface area contributed by atoms with Gasteiger partial charge in [-0.25, -0.2) is 0 Å². The van der Waals surface area contributed by atoms with E-state index in [1.165, 1.54) is 29.0 Å². The van der Waals surface area contributed by atoms with Gasteiger partial charge >= 0.3 is 5.97 Å². The number of hydrogen-bond acceptors (Lipinski definition) is 2. The van der Waals surface area contributed by atoms with Crippen molar-refractivity contribution in [2.24, 2.45) is 17.8 Å². The van der Waals surface area contributed by atoms with Crippen LogP contribution < -0.4 is 0 Å². The summed E-state index contributed by atoms with van der Waals surface area (Å²) in [7, 11) is 1.50. The van der Waals surface area contributed by atoms with Crippen LogP contribution in [0.25, 0.3) is 10.8 Å². The first-order valence-electron chi connectivity index (χ1n) is 6.92. The minimum atomic E-state index is -0.00550. The molecule has 3 aliphatic carbocycles. The number of methoxy groups -OCH3 is 1. The fourth-order valence-corrected chi connectivity index (χ4v) is 4.83. The van der Waals surface area contributed by atoms with Gasteiger partial charge in [0.05, 0.1) is 13.0 Å². The molecule has 2 saturated carbocycles. The SMILES string of the molecule is COC(=O)C1[C@H]2C3c4cccc5cccc(c45)C3[C@@H]12. The molecule has 2 aromatic carbocycles. The summed E-state index contributed by atoms with van der Waals surface area (Å²) in [5.74, 6) is 2.36. The summed E-state index contributed by atoms with van der Waals surface area (Å²) in [6.45, 7) is 0. The minimum Gasteiger partial charge on any atom is -0.469 e. The van der Waals surface area contributed by atoms with E-state index in [2.05, 4.69) is 36.4 Å². The molecule has 3 aliphatic rings. The van der Waals surface area contributed by atoms with E-state index in [4.69, 9.17) is 4.74 Å². The third-order valence-electron chi connectivity index (χ3n) is 5.51. The van der Waals surface area contributed by atoms with Crippen molar-refractivity contribution >= 4 is 16.7 Å². The van der Waals surface area contributed by atoms with E-state index in [0.717, 1.165) is 0 Å². The van der Waals surface area contributed by atoms with E-state index >= 15 is 0 Å². The molecule has 0 radical (unpaired) electrons. The molecular weight excluding hydrogens is 236 g/mol. The summed E-state index contributed by atoms with van der Waals surface area (Å²) in [6, 6.07) is 13.2. The number of ether oxygens (including phenoxy) is 1. The molecule has 0 bridgehead atoms. The zero-order valence-corrected chi connectivity index (χ0v) is 10.7. The van der Waals surface area contributed by atoms with Gasteiger partial charge in [0.15, 0.2) is 0 Å². The highest BCUT2D eigenvalue weighted by atomic mass is 16.5. The van der Waals surface area contributed by atoms with Crippen LogP contribution in [-0.2, 0) is 9.53 Å². The molecule has 5 rings (SSSR count). The molecule has 94 valence electrons. The average Bonchev–Trinajstić information content (AvgIpc) is 2.98. The zero-order chi connectivity index (χ0) is 12.7. The van der Waals surface area contributed by atoms with Crippen molar-refractivity contribution in [3.8, 4) is 0 Å². The van der Waals surface area contributed by atoms with Crippen LogP contribution in [0.2, 0.25) is 0 Å². The Kier molecular flexibility index (Phi) is 1.59. The number of rotatable bonds is 1. The summed E-state index contributed by atoms with van der Waals surface area (Å²) in [5, 5.41) is 2.80. The number of fused-ring (bicyclic) bond motifs is 6. The Bertz CT molecular complexity index is 682. The molecule has 0 amide bonds. The van der Waals surface area contributed by atoms with Crippen molar-refractivity contribution in [1.29, 1.82) is 0 Å². The maximum Gasteiger partial charge on any atom is 0.309 e. The maximum atomic E-state index is 11.8. The fraction of sp³-hybridized carbons (Fsp3) is 0.353. The molecule has 0 aliphatic heterocycles. The molecule has 3 unspecified atom stereocenters. The van der Waals surface area contributed by atoms with Gasteiger partial charge in [0, 0.05) is 0 Å². The second-order valence-corrected chi connectivity index (χ2v) is 6.05. The van der Waals surface area contributed by atoms with Gasteiger partial charge in [-0.05, 0) is 45.6 Å². The van der Waals surface area contributed by atoms with Crippen molar-refractivity contribution in [1.82, 2.24) is 0 Å². The lowest BCUT2D eigenvalue weighted by Crippen LogP contribution is -2.20. The van der Waals surface area contributed by atoms with Crippen LogP contribution in [0.4, 0.5) is 0 Å². The van der Waals surface area contributed by atoms with Crippen LogP contribution in [0.15, 0.2) is 36.4 Å². The fourth-order valence-electron chi connectivity index (χ4n) is 4.83. The maximum absolute atomic E-state index is 11.8. The van der Waals surface area contributed by atoms with Crippen LogP contribution in [0.3, 0.4) is 0 Å². The second-order valence-electron chi connectivity index (χ2n) is 6.05. The molecule has 0 spiro atoms. The third kappa shape index (κ3) is 0.960. The number of benzene rings is 2. The molecular formula is C17H14O2. The van der Waals surface area contributed by atoms with E-state index in [-0.39, 0.29) is 11.9 Å². The summed E-state index contributed by atoms with van der Waals surface area (Å²) >= 11 is 0. The van der Waals surface area contributed by atoms with Crippen molar-refractivity contribution in [3.05, 3.63) is 47.5 Å². The molecule has 2 aromatic rings. The Hall–Kier alpha value is -1.83. The Labute approximate surface area is 111 Å². The topological polar surface area (TPSA) is 26.3 Å². The smallest absolute Gasteiger partial charge is 0.309 e. The lowest BCUT2D eigenvalue weighted by molar-refractivity contribution is -0.142. The van der Waals surface area contributed by atoms with Gasteiger partial charge in [0.2, 0.25) is 0 Å². The number of hydrogen-bond donors (Lipinski definition) is 0. The van der Waals surface area contributed by atoms with Crippen LogP contribution in [0, 0.1) is 17.8 Å². The number of carbonyl (C=O) groups is 1. The van der Waals surface area contributed by atoms with E-state index in [1.807, 2.05) is 0 Å². The molecule has 5 atom stereocenters. The number of carbonyl (C=O) groups excluding carboxylic acids is 1. The summed E-state index contributed by atoms with van der Waals surface area (Å²) < 4.78 is 4.94. The van der Waals surface area contributed by atoms with E-state index in [9.17, 15) is 4.79 Å². The molecule has 2 nitrogen and oxygen atoms in total. The van der Waals surface area contributed by atoms with E-state index in [0.29, 0.717) is 23.7 Å². The van der Waals surface area contributed by atoms with Gasteiger partial charge in [-0.2, -0.15) is 0 Å². The highest BCUT2D eigenvalue weighted by molar-refractivity contribution is 5.94. The van der Waals surface area contributed by atoms with Gasteiger partial charge in [-0.1, -0.05) is 36.4 Å². The minimum absolute atomic E-state index is 0.00550. The van der Waals surface area contributed by atoms with Crippen LogP contribution in [0.5, 0.6) is 0 Å². The average molecular weight is 250 g/mol.